The van der Waals surface area contributed by atoms with E-state index in [4.69, 9.17) is 5.11 Å². The molecule has 0 radical (unpaired) electrons. The van der Waals surface area contributed by atoms with Gasteiger partial charge in [0.05, 0.1) is 0 Å². The fraction of sp³-hybridized carbons (Fsp3) is 0.125. The first kappa shape index (κ1) is 16.5. The van der Waals surface area contributed by atoms with Crippen molar-refractivity contribution in [1.29, 1.82) is 0 Å². The van der Waals surface area contributed by atoms with Crippen molar-refractivity contribution in [2.24, 2.45) is 0 Å². The lowest BCUT2D eigenvalue weighted by Gasteiger charge is -2.07. The van der Waals surface area contributed by atoms with Crippen molar-refractivity contribution in [1.82, 2.24) is 19.9 Å². The normalized spacial score (nSPS) is 10.8. The van der Waals surface area contributed by atoms with Gasteiger partial charge in [-0.15, -0.1) is 0 Å². The van der Waals surface area contributed by atoms with Crippen molar-refractivity contribution in [3.8, 4) is 0 Å². The van der Waals surface area contributed by atoms with Gasteiger partial charge >= 0.3 is 5.97 Å². The van der Waals surface area contributed by atoms with Gasteiger partial charge in [0.1, 0.15) is 5.69 Å². The first-order valence-electron chi connectivity index (χ1n) is 7.18. The molecule has 3 rings (SSSR count). The van der Waals surface area contributed by atoms with Crippen molar-refractivity contribution in [2.75, 3.05) is 0 Å². The van der Waals surface area contributed by atoms with Crippen LogP contribution in [0.4, 0.5) is 8.78 Å². The number of fused-ring (bicyclic) bond motifs is 1. The topological polar surface area (TPSA) is 96.6 Å². The molecule has 0 aliphatic heterocycles. The summed E-state index contributed by atoms with van der Waals surface area (Å²) in [7, 11) is 0. The number of hydrogen-bond donors (Lipinski definition) is 2. The smallest absolute Gasteiger partial charge is 0.356 e. The second kappa shape index (κ2) is 6.27. The van der Waals surface area contributed by atoms with Gasteiger partial charge in [0.15, 0.2) is 23.0 Å². The van der Waals surface area contributed by atoms with Gasteiger partial charge < -0.3 is 10.4 Å². The van der Waals surface area contributed by atoms with Crippen LogP contribution in [0, 0.1) is 18.6 Å². The minimum atomic E-state index is -1.20. The van der Waals surface area contributed by atoms with E-state index < -0.39 is 23.5 Å². The summed E-state index contributed by atoms with van der Waals surface area (Å²) in [5.74, 6) is -3.70. The maximum absolute atomic E-state index is 13.2. The summed E-state index contributed by atoms with van der Waals surface area (Å²) in [5.41, 5.74) is 1.01. The van der Waals surface area contributed by atoms with E-state index in [1.807, 2.05) is 0 Å². The number of halogens is 2. The van der Waals surface area contributed by atoms with Gasteiger partial charge in [-0.3, -0.25) is 4.79 Å². The molecule has 0 aliphatic carbocycles. The van der Waals surface area contributed by atoms with Crippen molar-refractivity contribution < 1.29 is 23.5 Å². The van der Waals surface area contributed by atoms with E-state index in [0.717, 1.165) is 12.1 Å². The molecule has 0 atom stereocenters. The van der Waals surface area contributed by atoms with Crippen LogP contribution in [-0.4, -0.2) is 31.6 Å². The highest BCUT2D eigenvalue weighted by Gasteiger charge is 2.15. The van der Waals surface area contributed by atoms with Crippen molar-refractivity contribution >= 4 is 17.5 Å². The molecule has 2 heterocycles. The van der Waals surface area contributed by atoms with Gasteiger partial charge in [-0.25, -0.2) is 23.1 Å². The molecule has 1 aromatic carbocycles. The lowest BCUT2D eigenvalue weighted by atomic mass is 10.2. The summed E-state index contributed by atoms with van der Waals surface area (Å²) in [4.78, 5) is 27.3. The quantitative estimate of drug-likeness (QED) is 0.753. The molecule has 0 saturated carbocycles. The van der Waals surface area contributed by atoms with E-state index in [0.29, 0.717) is 11.3 Å². The Hall–Kier alpha value is -3.36. The Labute approximate surface area is 139 Å². The zero-order valence-corrected chi connectivity index (χ0v) is 13.0. The van der Waals surface area contributed by atoms with Gasteiger partial charge in [0.2, 0.25) is 0 Å². The number of rotatable bonds is 4. The number of carbonyl (C=O) groups excluding carboxylic acids is 1. The Morgan fingerprint density at radius 2 is 1.92 bits per heavy atom. The molecule has 0 aliphatic rings. The van der Waals surface area contributed by atoms with Crippen LogP contribution in [0.1, 0.15) is 32.2 Å². The average Bonchev–Trinajstić information content (AvgIpc) is 3.00. The molecular weight excluding hydrogens is 334 g/mol. The minimum absolute atomic E-state index is 0.0123. The largest absolute Gasteiger partial charge is 0.476 e. The zero-order chi connectivity index (χ0) is 18.1. The predicted octanol–water partition coefficient (Wildman–Crippen LogP) is 1.94. The highest BCUT2D eigenvalue weighted by molar-refractivity contribution is 5.93. The highest BCUT2D eigenvalue weighted by Crippen LogP contribution is 2.11. The molecule has 2 aromatic heterocycles. The second-order valence-corrected chi connectivity index (χ2v) is 5.32. The molecule has 0 fully saturated rings. The number of amides is 1. The fourth-order valence-corrected chi connectivity index (χ4v) is 2.27. The molecule has 0 spiro atoms. The molecule has 0 bridgehead atoms. The summed E-state index contributed by atoms with van der Waals surface area (Å²) in [6.07, 6.45) is 0. The number of carboxylic acids is 1. The van der Waals surface area contributed by atoms with Gasteiger partial charge in [-0.1, -0.05) is 6.07 Å². The molecule has 2 N–H and O–H groups in total. The molecular formula is C16H12F2N4O3. The van der Waals surface area contributed by atoms with Gasteiger partial charge in [-0.05, 0) is 30.7 Å². The molecule has 0 saturated heterocycles. The summed E-state index contributed by atoms with van der Waals surface area (Å²) in [6.45, 7) is 1.64. The third-order valence-electron chi connectivity index (χ3n) is 3.49. The first-order chi connectivity index (χ1) is 11.8. The maximum Gasteiger partial charge on any atom is 0.356 e. The van der Waals surface area contributed by atoms with E-state index >= 15 is 0 Å². The number of benzene rings is 1. The number of nitrogens with one attached hydrogen (secondary N) is 1. The Morgan fingerprint density at radius 3 is 2.60 bits per heavy atom. The molecule has 7 nitrogen and oxygen atoms in total. The number of carbonyl (C=O) groups is 2. The number of hydrogen-bond acceptors (Lipinski definition) is 4. The second-order valence-electron chi connectivity index (χ2n) is 5.32. The van der Waals surface area contributed by atoms with Crippen LogP contribution in [0.25, 0.3) is 5.65 Å². The number of aromatic carboxylic acids is 1. The predicted molar refractivity (Wildman–Crippen MR) is 82.2 cm³/mol. The SMILES string of the molecule is Cc1cc(C(=O)NCc2ccc(F)c(F)c2)nc2cc(C(=O)O)nn12. The lowest BCUT2D eigenvalue weighted by molar-refractivity contribution is 0.0689. The van der Waals surface area contributed by atoms with Crippen LogP contribution >= 0.6 is 0 Å². The van der Waals surface area contributed by atoms with Crippen LogP contribution in [0.5, 0.6) is 0 Å². The zero-order valence-electron chi connectivity index (χ0n) is 13.0. The van der Waals surface area contributed by atoms with Crippen molar-refractivity contribution in [2.45, 2.75) is 13.5 Å². The summed E-state index contributed by atoms with van der Waals surface area (Å²) >= 11 is 0. The van der Waals surface area contributed by atoms with Crippen LogP contribution < -0.4 is 5.32 Å². The lowest BCUT2D eigenvalue weighted by Crippen LogP contribution is -2.24. The standard InChI is InChI=1S/C16H12F2N4O3/c1-8-4-12(20-14-6-13(16(24)25)21-22(8)14)15(23)19-7-9-2-3-10(17)11(18)5-9/h2-6H,7H2,1H3,(H,19,23)(H,24,25). The van der Waals surface area contributed by atoms with E-state index in [9.17, 15) is 18.4 Å². The van der Waals surface area contributed by atoms with E-state index in [1.54, 1.807) is 6.92 Å². The Bertz CT molecular complexity index is 1000. The summed E-state index contributed by atoms with van der Waals surface area (Å²) in [5, 5.41) is 15.4. The molecule has 9 heteroatoms. The molecule has 0 unspecified atom stereocenters. The van der Waals surface area contributed by atoms with Crippen LogP contribution in [-0.2, 0) is 6.54 Å². The molecule has 128 valence electrons. The summed E-state index contributed by atoms with van der Waals surface area (Å²) < 4.78 is 27.4. The monoisotopic (exact) mass is 346 g/mol. The van der Waals surface area contributed by atoms with E-state index in [1.165, 1.54) is 22.7 Å². The minimum Gasteiger partial charge on any atom is -0.476 e. The average molecular weight is 346 g/mol. The number of nitrogens with zero attached hydrogens (tertiary/aromatic N) is 3. The Morgan fingerprint density at radius 1 is 1.16 bits per heavy atom. The number of aryl methyl sites for hydroxylation is 1. The van der Waals surface area contributed by atoms with Gasteiger partial charge in [-0.2, -0.15) is 5.10 Å². The number of aromatic nitrogens is 3. The Kier molecular flexibility index (Phi) is 4.14. The van der Waals surface area contributed by atoms with Gasteiger partial charge in [0, 0.05) is 18.3 Å². The fourth-order valence-electron chi connectivity index (χ4n) is 2.27. The number of carboxylic acid groups (broad SMARTS) is 1. The molecule has 1 amide bonds. The van der Waals surface area contributed by atoms with Crippen LogP contribution in [0.15, 0.2) is 30.3 Å². The Balaban J connectivity index is 1.81. The first-order valence-corrected chi connectivity index (χ1v) is 7.18. The van der Waals surface area contributed by atoms with Crippen LogP contribution in [0.2, 0.25) is 0 Å². The summed E-state index contributed by atoms with van der Waals surface area (Å²) in [6, 6.07) is 6.03. The molecule has 25 heavy (non-hydrogen) atoms. The van der Waals surface area contributed by atoms with E-state index in [2.05, 4.69) is 15.4 Å². The van der Waals surface area contributed by atoms with Crippen molar-refractivity contribution in [3.05, 3.63) is 64.6 Å². The van der Waals surface area contributed by atoms with Gasteiger partial charge in [0.25, 0.3) is 5.91 Å². The van der Waals surface area contributed by atoms with E-state index in [-0.39, 0.29) is 23.6 Å². The third-order valence-corrected chi connectivity index (χ3v) is 3.49. The molecule has 3 aromatic rings. The maximum atomic E-state index is 13.2. The third kappa shape index (κ3) is 3.30. The van der Waals surface area contributed by atoms with Crippen molar-refractivity contribution in [3.63, 3.8) is 0 Å². The van der Waals surface area contributed by atoms with Crippen LogP contribution in [0.3, 0.4) is 0 Å². The highest BCUT2D eigenvalue weighted by atomic mass is 19.2.